The van der Waals surface area contributed by atoms with E-state index in [2.05, 4.69) is 26.4 Å². The second-order valence-corrected chi connectivity index (χ2v) is 8.44. The number of H-pyrrole nitrogens is 1. The number of fused-ring (bicyclic) bond motifs is 2. The molecule has 4 rings (SSSR count). The molecule has 4 heterocycles. The van der Waals surface area contributed by atoms with Crippen LogP contribution in [-0.2, 0) is 9.53 Å². The lowest BCUT2D eigenvalue weighted by Crippen LogP contribution is -2.64. The number of carbonyl (C=O) groups is 1. The number of alkyl halides is 3. The Morgan fingerprint density at radius 2 is 2.06 bits per heavy atom. The summed E-state index contributed by atoms with van der Waals surface area (Å²) in [4.78, 5) is 29.0. The highest BCUT2D eigenvalue weighted by atomic mass is 19.4. The van der Waals surface area contributed by atoms with Crippen molar-refractivity contribution in [2.75, 3.05) is 25.1 Å². The Morgan fingerprint density at radius 3 is 2.74 bits per heavy atom. The first kappa shape index (κ1) is 24.0. The van der Waals surface area contributed by atoms with Gasteiger partial charge in [-0.2, -0.15) is 13.2 Å². The zero-order chi connectivity index (χ0) is 24.5. The van der Waals surface area contributed by atoms with Crippen LogP contribution in [0.2, 0.25) is 0 Å². The van der Waals surface area contributed by atoms with Crippen molar-refractivity contribution < 1.29 is 22.7 Å². The first-order valence-corrected chi connectivity index (χ1v) is 11.2. The number of nitrogens with zero attached hydrogens (tertiary/aromatic N) is 4. The van der Waals surface area contributed by atoms with Gasteiger partial charge >= 0.3 is 6.18 Å². The predicted molar refractivity (Wildman–Crippen MR) is 123 cm³/mol. The van der Waals surface area contributed by atoms with Crippen LogP contribution in [-0.4, -0.2) is 69.8 Å². The highest BCUT2D eigenvalue weighted by Crippen LogP contribution is 2.44. The third-order valence-corrected chi connectivity index (χ3v) is 6.73. The number of rotatable bonds is 6. The molecule has 2 aliphatic rings. The average molecular weight is 476 g/mol. The molecule has 0 bridgehead atoms. The summed E-state index contributed by atoms with van der Waals surface area (Å²) in [6, 6.07) is 1.34. The summed E-state index contributed by atoms with van der Waals surface area (Å²) < 4.78 is 48.8. The molecule has 2 aromatic heterocycles. The number of aromatic nitrogens is 3. The van der Waals surface area contributed by atoms with E-state index in [1.54, 1.807) is 13.1 Å². The van der Waals surface area contributed by atoms with Crippen molar-refractivity contribution in [1.29, 1.82) is 0 Å². The maximum atomic E-state index is 14.6. The van der Waals surface area contributed by atoms with E-state index in [1.807, 2.05) is 6.07 Å². The van der Waals surface area contributed by atoms with Crippen molar-refractivity contribution in [3.63, 3.8) is 0 Å². The fraction of sp³-hybridized carbons (Fsp3) is 0.458. The Morgan fingerprint density at radius 1 is 1.26 bits per heavy atom. The Hall–Kier alpha value is -3.14. The second kappa shape index (κ2) is 9.25. The number of methoxy groups -OCH3 is 1. The molecule has 3 atom stereocenters. The van der Waals surface area contributed by atoms with Crippen molar-refractivity contribution in [1.82, 2.24) is 19.9 Å². The molecule has 0 saturated carbocycles. The van der Waals surface area contributed by atoms with Gasteiger partial charge in [-0.25, -0.2) is 9.97 Å². The van der Waals surface area contributed by atoms with Gasteiger partial charge < -0.3 is 19.5 Å². The van der Waals surface area contributed by atoms with Crippen molar-refractivity contribution in [3.8, 4) is 0 Å². The van der Waals surface area contributed by atoms with E-state index in [4.69, 9.17) is 4.74 Å². The molecule has 0 aromatic carbocycles. The number of carbonyl (C=O) groups excluding carboxylic acids is 1. The topological polar surface area (TPSA) is 74.3 Å². The quantitative estimate of drug-likeness (QED) is 0.635. The average Bonchev–Trinajstić information content (AvgIpc) is 3.46. The standard InChI is InChI=1S/C24H28F3N5O2/c1-4-7-16(8-5-2)23(34-3,24(25,26)27)22(33)32-13-6-9-18-19(32)11-14-31(18)21-17-10-12-28-20(17)29-15-30-21/h4-5,7-8,10,12,15,18-19H,1,6,9,11,13-14H2,2-3H3,(H,28,29,30). The van der Waals surface area contributed by atoms with Crippen LogP contribution < -0.4 is 4.90 Å². The third kappa shape index (κ3) is 3.70. The number of piperidine rings is 1. The van der Waals surface area contributed by atoms with Crippen molar-refractivity contribution in [3.05, 3.63) is 55.0 Å². The largest absolute Gasteiger partial charge is 0.430 e. The van der Waals surface area contributed by atoms with E-state index in [1.165, 1.54) is 35.5 Å². The lowest BCUT2D eigenvalue weighted by Gasteiger charge is -2.45. The Balaban J connectivity index is 1.72. The first-order chi connectivity index (χ1) is 16.3. The van der Waals surface area contributed by atoms with Crippen molar-refractivity contribution in [2.24, 2.45) is 0 Å². The number of nitrogens with one attached hydrogen (secondary N) is 1. The smallest absolute Gasteiger partial charge is 0.356 e. The summed E-state index contributed by atoms with van der Waals surface area (Å²) in [5.41, 5.74) is -2.73. The fourth-order valence-electron chi connectivity index (χ4n) is 5.32. The van der Waals surface area contributed by atoms with Gasteiger partial charge in [0.05, 0.1) is 17.5 Å². The van der Waals surface area contributed by atoms with Crippen LogP contribution >= 0.6 is 0 Å². The van der Waals surface area contributed by atoms with Crippen LogP contribution in [0.5, 0.6) is 0 Å². The molecule has 0 spiro atoms. The molecule has 182 valence electrons. The van der Waals surface area contributed by atoms with E-state index < -0.39 is 23.7 Å². The van der Waals surface area contributed by atoms with E-state index in [0.717, 1.165) is 24.7 Å². The van der Waals surface area contributed by atoms with Crippen LogP contribution in [0.1, 0.15) is 26.2 Å². The minimum atomic E-state index is -4.97. The molecule has 2 aliphatic heterocycles. The number of ether oxygens (including phenoxy) is 1. The molecule has 0 radical (unpaired) electrons. The lowest BCUT2D eigenvalue weighted by molar-refractivity contribution is -0.251. The zero-order valence-electron chi connectivity index (χ0n) is 19.2. The molecule has 34 heavy (non-hydrogen) atoms. The first-order valence-electron chi connectivity index (χ1n) is 11.2. The minimum absolute atomic E-state index is 0.151. The van der Waals surface area contributed by atoms with Gasteiger partial charge in [-0.05, 0) is 32.3 Å². The Bertz CT molecular complexity index is 1130. The van der Waals surface area contributed by atoms with Crippen LogP contribution in [0, 0.1) is 0 Å². The highest BCUT2D eigenvalue weighted by molar-refractivity contribution is 5.92. The van der Waals surface area contributed by atoms with Gasteiger partial charge in [-0.3, -0.25) is 4.79 Å². The number of likely N-dealkylation sites (tertiary alicyclic amines) is 1. The number of hydrogen-bond acceptors (Lipinski definition) is 5. The van der Waals surface area contributed by atoms with Gasteiger partial charge in [-0.15, -0.1) is 0 Å². The van der Waals surface area contributed by atoms with Gasteiger partial charge in [0, 0.05) is 32.0 Å². The van der Waals surface area contributed by atoms with Crippen LogP contribution in [0.4, 0.5) is 19.0 Å². The zero-order valence-corrected chi connectivity index (χ0v) is 19.2. The molecule has 10 heteroatoms. The van der Waals surface area contributed by atoms with Crippen molar-refractivity contribution >= 4 is 22.8 Å². The number of anilines is 1. The molecular weight excluding hydrogens is 447 g/mol. The van der Waals surface area contributed by atoms with Gasteiger partial charge in [0.2, 0.25) is 0 Å². The molecule has 0 aliphatic carbocycles. The maximum Gasteiger partial charge on any atom is 0.430 e. The van der Waals surface area contributed by atoms with Crippen LogP contribution in [0.15, 0.2) is 55.0 Å². The predicted octanol–water partition coefficient (Wildman–Crippen LogP) is 4.16. The van der Waals surface area contributed by atoms with Crippen LogP contribution in [0.3, 0.4) is 0 Å². The number of amides is 1. The Labute approximate surface area is 196 Å². The van der Waals surface area contributed by atoms with Crippen molar-refractivity contribution in [2.45, 2.75) is 50.0 Å². The number of halogens is 3. The molecule has 2 saturated heterocycles. The summed E-state index contributed by atoms with van der Waals surface area (Å²) in [6.45, 7) is 5.92. The monoisotopic (exact) mass is 475 g/mol. The molecular formula is C24H28F3N5O2. The molecule has 2 aromatic rings. The maximum absolute atomic E-state index is 14.6. The summed E-state index contributed by atoms with van der Waals surface area (Å²) in [7, 11) is 0.928. The summed E-state index contributed by atoms with van der Waals surface area (Å²) >= 11 is 0. The summed E-state index contributed by atoms with van der Waals surface area (Å²) in [5, 5.41) is 0.845. The van der Waals surface area contributed by atoms with E-state index in [9.17, 15) is 18.0 Å². The second-order valence-electron chi connectivity index (χ2n) is 8.44. The third-order valence-electron chi connectivity index (χ3n) is 6.73. The van der Waals surface area contributed by atoms with Gasteiger partial charge in [0.15, 0.2) is 0 Å². The minimum Gasteiger partial charge on any atom is -0.356 e. The van der Waals surface area contributed by atoms with E-state index in [0.29, 0.717) is 25.0 Å². The highest BCUT2D eigenvalue weighted by Gasteiger charge is 2.65. The Kier molecular flexibility index (Phi) is 6.53. The van der Waals surface area contributed by atoms with Gasteiger partial charge in [0.1, 0.15) is 17.8 Å². The summed E-state index contributed by atoms with van der Waals surface area (Å²) in [5.74, 6) is -0.372. The SMILES string of the molecule is C=CC=C(C=CC)C(OC)(C(=O)N1CCCC2C1CCN2c1ncnc2[nH]ccc12)C(F)(F)F. The number of hydrogen-bond donors (Lipinski definition) is 1. The lowest BCUT2D eigenvalue weighted by atomic mass is 9.87. The fourth-order valence-corrected chi connectivity index (χ4v) is 5.32. The summed E-state index contributed by atoms with van der Waals surface area (Å²) in [6.07, 6.45) is 5.26. The van der Waals surface area contributed by atoms with Gasteiger partial charge in [0.25, 0.3) is 11.5 Å². The molecule has 1 amide bonds. The number of allylic oxidation sites excluding steroid dienone is 3. The molecule has 3 unspecified atom stereocenters. The molecule has 2 fully saturated rings. The molecule has 7 nitrogen and oxygen atoms in total. The number of aromatic amines is 1. The normalized spacial score (nSPS) is 23.4. The van der Waals surface area contributed by atoms with E-state index in [-0.39, 0.29) is 18.2 Å². The van der Waals surface area contributed by atoms with E-state index >= 15 is 0 Å². The van der Waals surface area contributed by atoms with Gasteiger partial charge in [-0.1, -0.05) is 30.9 Å². The van der Waals surface area contributed by atoms with Crippen LogP contribution in [0.25, 0.3) is 11.0 Å². The molecule has 1 N–H and O–H groups in total.